The van der Waals surface area contributed by atoms with Gasteiger partial charge in [-0.3, -0.25) is 43.3 Å². The van der Waals surface area contributed by atoms with E-state index in [1.807, 2.05) is 36.4 Å². The van der Waals surface area contributed by atoms with Gasteiger partial charge in [-0.15, -0.1) is 0 Å². The molecule has 8 amide bonds. The number of unbranched alkanes of at least 4 members (excludes halogenated alkanes) is 1. The molecule has 0 unspecified atom stereocenters. The lowest BCUT2D eigenvalue weighted by Crippen LogP contribution is -2.60. The van der Waals surface area contributed by atoms with Gasteiger partial charge in [0.2, 0.25) is 47.3 Å². The van der Waals surface area contributed by atoms with Crippen LogP contribution in [-0.2, 0) is 49.6 Å². The van der Waals surface area contributed by atoms with E-state index in [9.17, 15) is 53.4 Å². The third-order valence-electron chi connectivity index (χ3n) is 12.4. The molecule has 1 saturated heterocycles. The smallest absolute Gasteiger partial charge is 0.326 e. The van der Waals surface area contributed by atoms with Crippen molar-refractivity contribution in [2.45, 2.75) is 133 Å². The Morgan fingerprint density at radius 3 is 2.15 bits per heavy atom. The average Bonchev–Trinajstić information content (AvgIpc) is 3.85. The highest BCUT2D eigenvalue weighted by Crippen LogP contribution is 2.20. The van der Waals surface area contributed by atoms with Gasteiger partial charge in [0.15, 0.2) is 5.96 Å². The maximum absolute atomic E-state index is 14.1. The molecule has 8 atom stereocenters. The molecule has 4 rings (SSSR count). The second kappa shape index (κ2) is 29.4. The molecule has 24 nitrogen and oxygen atoms in total. The summed E-state index contributed by atoms with van der Waals surface area (Å²) in [6.45, 7) is 2.68. The lowest BCUT2D eigenvalue weighted by atomic mass is 10.0. The maximum Gasteiger partial charge on any atom is 0.326 e. The molecule has 2 aliphatic rings. The number of amides is 8. The average molecular weight is 1020 g/mol. The van der Waals surface area contributed by atoms with Crippen molar-refractivity contribution in [1.29, 1.82) is 0 Å². The fourth-order valence-corrected chi connectivity index (χ4v) is 8.41. The summed E-state index contributed by atoms with van der Waals surface area (Å²) in [6.07, 6.45) is 4.66. The Kier molecular flexibility index (Phi) is 23.5. The number of hydrogen-bond acceptors (Lipinski definition) is 13. The van der Waals surface area contributed by atoms with Gasteiger partial charge in [-0.2, -0.15) is 0 Å². The monoisotopic (exact) mass is 1020 g/mol. The van der Waals surface area contributed by atoms with Crippen LogP contribution >= 0.6 is 0 Å². The van der Waals surface area contributed by atoms with Gasteiger partial charge in [0.1, 0.15) is 42.3 Å². The van der Waals surface area contributed by atoms with Gasteiger partial charge in [0.25, 0.3) is 0 Å². The molecule has 24 heteroatoms. The first-order valence-electron chi connectivity index (χ1n) is 24.7. The van der Waals surface area contributed by atoms with Gasteiger partial charge in [-0.05, 0) is 93.0 Å². The number of carboxylic acids is 1. The summed E-state index contributed by atoms with van der Waals surface area (Å²) in [5.74, 6) is -7.70. The first-order valence-corrected chi connectivity index (χ1v) is 24.7. The van der Waals surface area contributed by atoms with Crippen LogP contribution in [0.5, 0.6) is 0 Å². The SMILES string of the molecule is CC(C)C[C@@H]1NC(=O)[C@H](CCCN=C(N)N)NC(=O)[C@@H](N)C/C=C\C[C@@H](C(=O)N[C@@H](CCCCN)C(=O)NCC(=O)N2CCC[C@H]2C(=O)N[C@@H](Cc2ccc3ccccc3c2)C(=O)O)NC(=O)[C@H](CO)NC1=O. The molecule has 2 aromatic carbocycles. The molecule has 0 aromatic heterocycles. The highest BCUT2D eigenvalue weighted by molar-refractivity contribution is 5.98. The van der Waals surface area contributed by atoms with Crippen LogP contribution in [0.2, 0.25) is 0 Å². The number of nitrogens with one attached hydrogen (secondary N) is 7. The topological polar surface area (TPSA) is 398 Å². The molecule has 2 heterocycles. The van der Waals surface area contributed by atoms with Crippen LogP contribution in [0.25, 0.3) is 10.8 Å². The van der Waals surface area contributed by atoms with Crippen LogP contribution in [0.1, 0.15) is 83.6 Å². The largest absolute Gasteiger partial charge is 0.480 e. The Balaban J connectivity index is 1.48. The minimum absolute atomic E-state index is 0.00259. The van der Waals surface area contributed by atoms with Gasteiger partial charge in [-0.25, -0.2) is 4.79 Å². The molecule has 0 saturated carbocycles. The zero-order valence-electron chi connectivity index (χ0n) is 41.5. The van der Waals surface area contributed by atoms with Crippen LogP contribution in [0.4, 0.5) is 0 Å². The number of benzene rings is 2. The molecule has 1 fully saturated rings. The number of nitrogens with zero attached hydrogens (tertiary/aromatic N) is 2. The number of carbonyl (C=O) groups is 9. The summed E-state index contributed by atoms with van der Waals surface area (Å²) >= 11 is 0. The lowest BCUT2D eigenvalue weighted by Gasteiger charge is -2.27. The number of hydrogen-bond donors (Lipinski definition) is 13. The van der Waals surface area contributed by atoms with Crippen LogP contribution in [0.15, 0.2) is 59.6 Å². The number of likely N-dealkylation sites (tertiary alicyclic amines) is 1. The van der Waals surface area contributed by atoms with E-state index in [4.69, 9.17) is 22.9 Å². The molecule has 0 spiro atoms. The highest BCUT2D eigenvalue weighted by Gasteiger charge is 2.37. The first-order chi connectivity index (χ1) is 34.8. The van der Waals surface area contributed by atoms with Crippen LogP contribution in [-0.4, -0.2) is 155 Å². The van der Waals surface area contributed by atoms with E-state index in [0.29, 0.717) is 24.8 Å². The summed E-state index contributed by atoms with van der Waals surface area (Å²) in [6, 6.07) is 2.92. The Morgan fingerprint density at radius 2 is 1.47 bits per heavy atom. The minimum Gasteiger partial charge on any atom is -0.480 e. The van der Waals surface area contributed by atoms with Crippen molar-refractivity contribution >= 4 is 70.0 Å². The van der Waals surface area contributed by atoms with Crippen molar-refractivity contribution in [3.05, 3.63) is 60.2 Å². The molecule has 0 radical (unpaired) electrons. The van der Waals surface area contributed by atoms with Crippen molar-refractivity contribution in [3.8, 4) is 0 Å². The minimum atomic E-state index is -1.61. The van der Waals surface area contributed by atoms with E-state index in [0.717, 1.165) is 10.8 Å². The van der Waals surface area contributed by atoms with Gasteiger partial charge in [0, 0.05) is 19.5 Å². The van der Waals surface area contributed by atoms with Gasteiger partial charge >= 0.3 is 5.97 Å². The molecule has 73 heavy (non-hydrogen) atoms. The number of aliphatic imine (C=N–C) groups is 1. The number of rotatable bonds is 21. The Bertz CT molecular complexity index is 2320. The van der Waals surface area contributed by atoms with Crippen molar-refractivity contribution in [3.63, 3.8) is 0 Å². The van der Waals surface area contributed by atoms with Crippen molar-refractivity contribution < 1.29 is 53.4 Å². The Hall–Kier alpha value is -7.18. The molecule has 0 aliphatic carbocycles. The maximum atomic E-state index is 14.1. The predicted molar refractivity (Wildman–Crippen MR) is 270 cm³/mol. The number of fused-ring (bicyclic) bond motifs is 1. The third kappa shape index (κ3) is 18.7. The normalized spacial score (nSPS) is 22.4. The predicted octanol–water partition coefficient (Wildman–Crippen LogP) is -2.62. The molecule has 400 valence electrons. The van der Waals surface area contributed by atoms with Gasteiger partial charge in [0.05, 0.1) is 19.2 Å². The lowest BCUT2D eigenvalue weighted by molar-refractivity contribution is -0.144. The second-order valence-corrected chi connectivity index (χ2v) is 18.6. The Labute approximate surface area is 424 Å². The molecular weight excluding hydrogens is 947 g/mol. The second-order valence-electron chi connectivity index (χ2n) is 18.6. The number of aliphatic hydroxyl groups is 1. The fourth-order valence-electron chi connectivity index (χ4n) is 8.41. The van der Waals surface area contributed by atoms with E-state index in [1.165, 1.54) is 17.1 Å². The van der Waals surface area contributed by atoms with Crippen molar-refractivity contribution in [2.24, 2.45) is 33.8 Å². The summed E-state index contributed by atoms with van der Waals surface area (Å²) in [4.78, 5) is 127. The van der Waals surface area contributed by atoms with Gasteiger partial charge in [-0.1, -0.05) is 68.5 Å². The zero-order chi connectivity index (χ0) is 53.6. The van der Waals surface area contributed by atoms with Crippen LogP contribution in [0, 0.1) is 5.92 Å². The Morgan fingerprint density at radius 1 is 0.808 bits per heavy atom. The summed E-state index contributed by atoms with van der Waals surface area (Å²) < 4.78 is 0. The summed E-state index contributed by atoms with van der Waals surface area (Å²) in [5.41, 5.74) is 23.5. The number of guanidine groups is 1. The standard InChI is InChI=1S/C49H73N13O11/c1-28(2)23-36-45(69)61-38(27-63)46(70)58-34(14-6-5-13-32(51)41(65)56-35(44(68)59-36)16-9-21-54-49(52)53)43(67)57-33(15-7-8-20-50)42(66)55-26-40(64)62-22-10-17-39(62)47(71)60-37(48(72)73)25-29-18-19-30-11-3-4-12-31(30)24-29/h3-6,11-12,18-19,24,28,32-39,63H,7-10,13-17,20-23,25-27,50-51H2,1-2H3,(H,55,66)(H,56,65)(H,57,67)(H,58,70)(H,59,68)(H,60,71)(H,61,69)(H,72,73)(H4,52,53,54)/b6-5-/t32-,33-,34-,35-,36-,37-,38-,39-/m0/s1. The summed E-state index contributed by atoms with van der Waals surface area (Å²) in [7, 11) is 0. The van der Waals surface area contributed by atoms with E-state index in [2.05, 4.69) is 42.2 Å². The first kappa shape index (κ1) is 58.4. The molecular formula is C49H73N13O11. The number of aliphatic hydroxyl groups excluding tert-OH is 1. The van der Waals surface area contributed by atoms with Crippen LogP contribution in [0.3, 0.4) is 0 Å². The van der Waals surface area contributed by atoms with E-state index < -0.39 is 115 Å². The molecule has 2 aromatic rings. The van der Waals surface area contributed by atoms with Gasteiger partial charge < -0.3 is 75.3 Å². The van der Waals surface area contributed by atoms with E-state index in [1.54, 1.807) is 19.9 Å². The number of nitrogens with two attached hydrogens (primary N) is 4. The molecule has 17 N–H and O–H groups in total. The fraction of sp³-hybridized carbons (Fsp3) is 0.551. The summed E-state index contributed by atoms with van der Waals surface area (Å²) in [5, 5.41) is 40.2. The number of carboxylic acid groups (broad SMARTS) is 1. The van der Waals surface area contributed by atoms with E-state index >= 15 is 0 Å². The quantitative estimate of drug-likeness (QED) is 0.0264. The third-order valence-corrected chi connectivity index (χ3v) is 12.4. The highest BCUT2D eigenvalue weighted by atomic mass is 16.4. The number of carbonyl (C=O) groups excluding carboxylic acids is 8. The van der Waals surface area contributed by atoms with Crippen molar-refractivity contribution in [2.75, 3.05) is 32.8 Å². The molecule has 2 aliphatic heterocycles. The van der Waals surface area contributed by atoms with Crippen molar-refractivity contribution in [1.82, 2.24) is 42.1 Å². The zero-order valence-corrected chi connectivity index (χ0v) is 41.5. The van der Waals surface area contributed by atoms with Crippen LogP contribution < -0.4 is 60.2 Å². The number of aliphatic carboxylic acids is 1. The van der Waals surface area contributed by atoms with E-state index in [-0.39, 0.29) is 82.9 Å². The molecule has 0 bridgehead atoms.